The molecule has 0 saturated heterocycles. The van der Waals surface area contributed by atoms with Crippen LogP contribution in [-0.4, -0.2) is 25.8 Å². The fraction of sp³-hybridized carbons (Fsp3) is 0.375. The lowest BCUT2D eigenvalue weighted by atomic mass is 10.1. The maximum atomic E-state index is 10.9. The van der Waals surface area contributed by atoms with Gasteiger partial charge in [-0.25, -0.2) is 0 Å². The van der Waals surface area contributed by atoms with Crippen LogP contribution in [0.4, 0.5) is 0 Å². The Hall–Kier alpha value is -0.200. The minimum Gasteiger partial charge on any atom is -0.346 e. The minimum absolute atomic E-state index is 0.0378. The summed E-state index contributed by atoms with van der Waals surface area (Å²) in [4.78, 5) is 10.9. The molecule has 0 heterocycles. The zero-order valence-electron chi connectivity index (χ0n) is 6.83. The van der Waals surface area contributed by atoms with Crippen molar-refractivity contribution >= 4 is 28.4 Å². The number of hydrogen-bond acceptors (Lipinski definition) is 3. The van der Waals surface area contributed by atoms with Gasteiger partial charge < -0.3 is 9.47 Å². The van der Waals surface area contributed by atoms with Gasteiger partial charge in [0.25, 0.3) is 0 Å². The molecule has 1 rings (SSSR count). The van der Waals surface area contributed by atoms with Gasteiger partial charge in [-0.05, 0) is 34.7 Å². The van der Waals surface area contributed by atoms with E-state index in [1.807, 2.05) is 22.6 Å². The van der Waals surface area contributed by atoms with Crippen molar-refractivity contribution in [2.24, 2.45) is 0 Å². The van der Waals surface area contributed by atoms with Crippen molar-refractivity contribution in [2.75, 3.05) is 14.2 Å². The second-order valence-corrected chi connectivity index (χ2v) is 3.47. The van der Waals surface area contributed by atoms with Crippen molar-refractivity contribution in [3.63, 3.8) is 0 Å². The Morgan fingerprint density at radius 2 is 2.00 bits per heavy atom. The summed E-state index contributed by atoms with van der Waals surface area (Å²) < 4.78 is 11.0. The third kappa shape index (κ3) is 1.60. The van der Waals surface area contributed by atoms with Crippen molar-refractivity contribution < 1.29 is 14.3 Å². The number of rotatable bonds is 2. The molecule has 12 heavy (non-hydrogen) atoms. The van der Waals surface area contributed by atoms with E-state index in [9.17, 15) is 4.79 Å². The molecular weight excluding hydrogens is 271 g/mol. The van der Waals surface area contributed by atoms with Crippen LogP contribution in [0.2, 0.25) is 0 Å². The zero-order valence-corrected chi connectivity index (χ0v) is 8.99. The third-order valence-electron chi connectivity index (χ3n) is 1.68. The molecule has 0 saturated carbocycles. The highest BCUT2D eigenvalue weighted by atomic mass is 127. The monoisotopic (exact) mass is 280 g/mol. The highest BCUT2D eigenvalue weighted by molar-refractivity contribution is 14.1. The average Bonchev–Trinajstić information content (AvgIpc) is 2.06. The molecule has 0 aromatic rings. The minimum atomic E-state index is -0.853. The molecule has 66 valence electrons. The van der Waals surface area contributed by atoms with E-state index in [1.165, 1.54) is 26.4 Å². The van der Waals surface area contributed by atoms with E-state index < -0.39 is 5.79 Å². The van der Waals surface area contributed by atoms with E-state index in [1.54, 1.807) is 6.08 Å². The van der Waals surface area contributed by atoms with Crippen LogP contribution in [0.1, 0.15) is 0 Å². The molecule has 0 fully saturated rings. The summed E-state index contributed by atoms with van der Waals surface area (Å²) in [6.45, 7) is 0. The van der Waals surface area contributed by atoms with Crippen molar-refractivity contribution in [1.29, 1.82) is 0 Å². The summed E-state index contributed by atoms with van der Waals surface area (Å²) in [5.41, 5.74) is 0. The number of carbonyl (C=O) groups excluding carboxylic acids is 1. The predicted octanol–water partition coefficient (Wildman–Crippen LogP) is 1.43. The molecule has 0 aromatic heterocycles. The SMILES string of the molecule is COC1(OC)C=CC(=O)C=C1I. The van der Waals surface area contributed by atoms with Crippen LogP contribution in [-0.2, 0) is 14.3 Å². The van der Waals surface area contributed by atoms with Gasteiger partial charge in [0.2, 0.25) is 5.79 Å². The fourth-order valence-electron chi connectivity index (χ4n) is 0.959. The van der Waals surface area contributed by atoms with Gasteiger partial charge in [-0.2, -0.15) is 0 Å². The van der Waals surface area contributed by atoms with Crippen LogP contribution in [0.15, 0.2) is 21.8 Å². The predicted molar refractivity (Wildman–Crippen MR) is 53.0 cm³/mol. The molecule has 1 aliphatic rings. The lowest BCUT2D eigenvalue weighted by Gasteiger charge is -2.28. The van der Waals surface area contributed by atoms with Crippen molar-refractivity contribution in [3.8, 4) is 0 Å². The van der Waals surface area contributed by atoms with Crippen LogP contribution in [0.5, 0.6) is 0 Å². The Morgan fingerprint density at radius 3 is 2.42 bits per heavy atom. The molecule has 0 atom stereocenters. The highest BCUT2D eigenvalue weighted by Crippen LogP contribution is 2.31. The molecule has 4 heteroatoms. The Kier molecular flexibility index (Phi) is 3.03. The molecule has 0 bridgehead atoms. The first-order valence-corrected chi connectivity index (χ1v) is 4.43. The van der Waals surface area contributed by atoms with E-state index in [0.717, 1.165) is 3.58 Å². The van der Waals surface area contributed by atoms with E-state index in [0.29, 0.717) is 0 Å². The maximum Gasteiger partial charge on any atom is 0.221 e. The number of methoxy groups -OCH3 is 2. The third-order valence-corrected chi connectivity index (χ3v) is 2.74. The standard InChI is InChI=1S/C8H9IO3/c1-11-8(12-2)4-3-6(10)5-7(8)9/h3-5H,1-2H3. The van der Waals surface area contributed by atoms with Crippen molar-refractivity contribution in [1.82, 2.24) is 0 Å². The normalized spacial score (nSPS) is 20.9. The first-order chi connectivity index (χ1) is 5.64. The maximum absolute atomic E-state index is 10.9. The van der Waals surface area contributed by atoms with E-state index in [2.05, 4.69) is 0 Å². The Morgan fingerprint density at radius 1 is 1.42 bits per heavy atom. The van der Waals surface area contributed by atoms with Gasteiger partial charge in [-0.1, -0.05) is 0 Å². The van der Waals surface area contributed by atoms with E-state index >= 15 is 0 Å². The molecule has 0 spiro atoms. The number of hydrogen-bond donors (Lipinski definition) is 0. The molecule has 1 aliphatic carbocycles. The van der Waals surface area contributed by atoms with Gasteiger partial charge in [0.15, 0.2) is 5.78 Å². The molecule has 0 N–H and O–H groups in total. The quantitative estimate of drug-likeness (QED) is 0.567. The van der Waals surface area contributed by atoms with Gasteiger partial charge in [0, 0.05) is 20.3 Å². The summed E-state index contributed by atoms with van der Waals surface area (Å²) in [6, 6.07) is 0. The van der Waals surface area contributed by atoms with E-state index in [-0.39, 0.29) is 5.78 Å². The van der Waals surface area contributed by atoms with Crippen LogP contribution >= 0.6 is 22.6 Å². The van der Waals surface area contributed by atoms with Gasteiger partial charge in [0.05, 0.1) is 3.58 Å². The zero-order chi connectivity index (χ0) is 9.19. The Labute approximate surface area is 84.6 Å². The molecule has 3 nitrogen and oxygen atoms in total. The second-order valence-electron chi connectivity index (χ2n) is 2.30. The van der Waals surface area contributed by atoms with Gasteiger partial charge in [-0.15, -0.1) is 0 Å². The molecule has 0 amide bonds. The van der Waals surface area contributed by atoms with Crippen LogP contribution in [0.3, 0.4) is 0 Å². The Balaban J connectivity index is 2.99. The summed E-state index contributed by atoms with van der Waals surface area (Å²) in [7, 11) is 3.08. The number of allylic oxidation sites excluding steroid dienone is 2. The second kappa shape index (κ2) is 3.68. The molecule has 0 unspecified atom stereocenters. The molecule has 0 aliphatic heterocycles. The van der Waals surface area contributed by atoms with Gasteiger partial charge >= 0.3 is 0 Å². The summed E-state index contributed by atoms with van der Waals surface area (Å²) >= 11 is 2.03. The van der Waals surface area contributed by atoms with Crippen LogP contribution in [0, 0.1) is 0 Å². The average molecular weight is 280 g/mol. The van der Waals surface area contributed by atoms with Crippen LogP contribution in [0.25, 0.3) is 0 Å². The highest BCUT2D eigenvalue weighted by Gasteiger charge is 2.32. The summed E-state index contributed by atoms with van der Waals surface area (Å²) in [5.74, 6) is -0.891. The fourth-order valence-corrected chi connectivity index (χ4v) is 1.89. The first kappa shape index (κ1) is 9.88. The number of ether oxygens (including phenoxy) is 2. The smallest absolute Gasteiger partial charge is 0.221 e. The number of halogens is 1. The lowest BCUT2D eigenvalue weighted by molar-refractivity contribution is -0.137. The lowest BCUT2D eigenvalue weighted by Crippen LogP contribution is -2.33. The molecular formula is C8H9IO3. The largest absolute Gasteiger partial charge is 0.346 e. The van der Waals surface area contributed by atoms with Crippen molar-refractivity contribution in [3.05, 3.63) is 21.8 Å². The van der Waals surface area contributed by atoms with Crippen molar-refractivity contribution in [2.45, 2.75) is 5.79 Å². The first-order valence-electron chi connectivity index (χ1n) is 3.36. The van der Waals surface area contributed by atoms with Crippen LogP contribution < -0.4 is 0 Å². The molecule has 0 radical (unpaired) electrons. The molecule has 0 aromatic carbocycles. The van der Waals surface area contributed by atoms with Gasteiger partial charge in [0.1, 0.15) is 0 Å². The summed E-state index contributed by atoms with van der Waals surface area (Å²) in [5, 5.41) is 0. The Bertz CT molecular complexity index is 251. The number of carbonyl (C=O) groups is 1. The summed E-state index contributed by atoms with van der Waals surface area (Å²) in [6.07, 6.45) is 4.54. The van der Waals surface area contributed by atoms with E-state index in [4.69, 9.17) is 9.47 Å². The van der Waals surface area contributed by atoms with Gasteiger partial charge in [-0.3, -0.25) is 4.79 Å². The topological polar surface area (TPSA) is 35.5 Å². The number of ketones is 1.